The molecule has 0 saturated heterocycles. The summed E-state index contributed by atoms with van der Waals surface area (Å²) in [4.78, 5) is 26.7. The van der Waals surface area contributed by atoms with Crippen molar-refractivity contribution in [2.45, 2.75) is 87.1 Å². The summed E-state index contributed by atoms with van der Waals surface area (Å²) in [6, 6.07) is -0.437. The Morgan fingerprint density at radius 1 is 0.872 bits per heavy atom. The van der Waals surface area contributed by atoms with Gasteiger partial charge in [0.2, 0.25) is 0 Å². The van der Waals surface area contributed by atoms with E-state index in [9.17, 15) is 9.90 Å². The SMILES string of the molecule is CCC1=C(C)/C2=C/C3NC(=C(CC)C3(C)C(=O)O)/C=C3N=C(/C=c4\[nH]/c(c(CC)c4C)=C\C1=N2)C(C)=C\3CC. The van der Waals surface area contributed by atoms with Crippen molar-refractivity contribution >= 4 is 29.5 Å². The average molecular weight is 525 g/mol. The molecule has 6 nitrogen and oxygen atoms in total. The summed E-state index contributed by atoms with van der Waals surface area (Å²) in [6.45, 7) is 16.8. The van der Waals surface area contributed by atoms with Gasteiger partial charge in [0.05, 0.1) is 28.9 Å². The van der Waals surface area contributed by atoms with Crippen LogP contribution < -0.4 is 16.0 Å². The van der Waals surface area contributed by atoms with Crippen LogP contribution >= 0.6 is 0 Å². The summed E-state index contributed by atoms with van der Waals surface area (Å²) in [7, 11) is 0. The number of carboxylic acids is 1. The summed E-state index contributed by atoms with van der Waals surface area (Å²) < 4.78 is 0. The first-order valence-electron chi connectivity index (χ1n) is 14.2. The summed E-state index contributed by atoms with van der Waals surface area (Å²) in [5, 5.41) is 16.3. The Labute approximate surface area is 231 Å². The molecule has 0 aliphatic carbocycles. The lowest BCUT2D eigenvalue weighted by Crippen LogP contribution is -2.42. The van der Waals surface area contributed by atoms with E-state index in [1.165, 1.54) is 22.3 Å². The van der Waals surface area contributed by atoms with E-state index in [0.717, 1.165) is 75.2 Å². The van der Waals surface area contributed by atoms with Gasteiger partial charge in [-0.2, -0.15) is 0 Å². The summed E-state index contributed by atoms with van der Waals surface area (Å²) in [5.74, 6) is -0.834. The zero-order valence-electron chi connectivity index (χ0n) is 24.5. The van der Waals surface area contributed by atoms with Gasteiger partial charge in [0.25, 0.3) is 0 Å². The average Bonchev–Trinajstić information content (AvgIpc) is 3.55. The molecule has 4 aliphatic heterocycles. The number of aliphatic carboxylic acids is 1. The van der Waals surface area contributed by atoms with Gasteiger partial charge in [0.1, 0.15) is 5.41 Å². The molecule has 39 heavy (non-hydrogen) atoms. The number of nitrogens with zero attached hydrogens (tertiary/aromatic N) is 2. The predicted molar refractivity (Wildman–Crippen MR) is 160 cm³/mol. The molecule has 1 aromatic rings. The van der Waals surface area contributed by atoms with E-state index in [1.54, 1.807) is 0 Å². The third-order valence-corrected chi connectivity index (χ3v) is 9.14. The molecule has 2 unspecified atom stereocenters. The van der Waals surface area contributed by atoms with Gasteiger partial charge in [0, 0.05) is 16.4 Å². The molecule has 1 aromatic heterocycles. The van der Waals surface area contributed by atoms with E-state index in [2.05, 4.69) is 70.1 Å². The number of hydrogen-bond acceptors (Lipinski definition) is 4. The molecule has 6 heteroatoms. The molecule has 204 valence electrons. The normalized spacial score (nSPS) is 28.7. The fraction of sp³-hybridized carbons (Fsp3) is 0.424. The number of carbonyl (C=O) groups is 1. The molecule has 0 fully saturated rings. The smallest absolute Gasteiger partial charge is 0.316 e. The number of aromatic nitrogens is 1. The largest absolute Gasteiger partial charge is 0.481 e. The fourth-order valence-electron chi connectivity index (χ4n) is 6.68. The van der Waals surface area contributed by atoms with Crippen LogP contribution in [0.1, 0.15) is 78.9 Å². The minimum atomic E-state index is -1.10. The van der Waals surface area contributed by atoms with Crippen LogP contribution in [0.25, 0.3) is 12.2 Å². The summed E-state index contributed by atoms with van der Waals surface area (Å²) >= 11 is 0. The highest BCUT2D eigenvalue weighted by atomic mass is 16.4. The molecule has 8 bridgehead atoms. The van der Waals surface area contributed by atoms with Crippen molar-refractivity contribution in [3.8, 4) is 0 Å². The van der Waals surface area contributed by atoms with Crippen LogP contribution in [-0.2, 0) is 11.2 Å². The molecule has 5 heterocycles. The van der Waals surface area contributed by atoms with Gasteiger partial charge >= 0.3 is 5.97 Å². The minimum absolute atomic E-state index is 0.437. The van der Waals surface area contributed by atoms with E-state index in [-0.39, 0.29) is 0 Å². The minimum Gasteiger partial charge on any atom is -0.481 e. The zero-order chi connectivity index (χ0) is 28.2. The van der Waals surface area contributed by atoms with Crippen LogP contribution in [0.4, 0.5) is 0 Å². The van der Waals surface area contributed by atoms with Gasteiger partial charge in [-0.1, -0.05) is 27.7 Å². The number of nitrogens with one attached hydrogen (secondary N) is 2. The quantitative estimate of drug-likeness (QED) is 0.487. The van der Waals surface area contributed by atoms with E-state index >= 15 is 0 Å². The molecule has 2 atom stereocenters. The lowest BCUT2D eigenvalue weighted by Gasteiger charge is -2.27. The van der Waals surface area contributed by atoms with Crippen molar-refractivity contribution in [3.63, 3.8) is 0 Å². The third kappa shape index (κ3) is 4.03. The van der Waals surface area contributed by atoms with Gasteiger partial charge < -0.3 is 15.4 Å². The number of rotatable bonds is 5. The molecule has 0 spiro atoms. The lowest BCUT2D eigenvalue weighted by atomic mass is 9.76. The number of H-pyrrole nitrogens is 1. The second-order valence-corrected chi connectivity index (χ2v) is 11.1. The van der Waals surface area contributed by atoms with Crippen molar-refractivity contribution in [2.75, 3.05) is 0 Å². The van der Waals surface area contributed by atoms with Crippen LogP contribution in [0.2, 0.25) is 0 Å². The molecule has 0 aromatic carbocycles. The monoisotopic (exact) mass is 524 g/mol. The van der Waals surface area contributed by atoms with Gasteiger partial charge in [-0.25, -0.2) is 9.98 Å². The highest BCUT2D eigenvalue weighted by Crippen LogP contribution is 2.44. The Morgan fingerprint density at radius 3 is 2.15 bits per heavy atom. The number of fused-ring (bicyclic) bond motifs is 6. The predicted octanol–water partition coefficient (Wildman–Crippen LogP) is 5.32. The maximum atomic E-state index is 12.9. The topological polar surface area (TPSA) is 89.8 Å². The second kappa shape index (κ2) is 9.82. The van der Waals surface area contributed by atoms with E-state index in [4.69, 9.17) is 9.98 Å². The molecular weight excluding hydrogens is 484 g/mol. The standard InChI is InChI=1S/C33H40N4O2/c1-9-20-17(5)24-13-25-18(6)21(10-2)29(35-25)15-30-23(12-4)33(8,32(38)39)31(37-30)16-26-19(7)22(11-3)28(36-26)14-27(20)34-24/h13-16,31,34,37H,9-12H2,1-8H3,(H,38,39)/b24-13-,26-16-,27-14-,29-15-. The van der Waals surface area contributed by atoms with Crippen molar-refractivity contribution < 1.29 is 9.90 Å². The number of hydrogen-bond donors (Lipinski definition) is 3. The number of allylic oxidation sites excluding steroid dienone is 5. The van der Waals surface area contributed by atoms with E-state index in [1.807, 2.05) is 19.9 Å². The lowest BCUT2D eigenvalue weighted by molar-refractivity contribution is -0.146. The molecule has 0 saturated carbocycles. The van der Waals surface area contributed by atoms with Crippen molar-refractivity contribution in [1.29, 1.82) is 0 Å². The summed E-state index contributed by atoms with van der Waals surface area (Å²) in [5.41, 5.74) is 11.5. The first kappa shape index (κ1) is 26.9. The molecule has 0 amide bonds. The van der Waals surface area contributed by atoms with E-state index < -0.39 is 17.4 Å². The zero-order valence-corrected chi connectivity index (χ0v) is 24.5. The first-order valence-corrected chi connectivity index (χ1v) is 14.2. The molecular formula is C33H40N4O2. The Bertz CT molecular complexity index is 1630. The second-order valence-electron chi connectivity index (χ2n) is 11.1. The van der Waals surface area contributed by atoms with Gasteiger partial charge in [-0.15, -0.1) is 0 Å². The Morgan fingerprint density at radius 2 is 1.54 bits per heavy atom. The molecule has 4 aliphatic rings. The first-order chi connectivity index (χ1) is 18.6. The van der Waals surface area contributed by atoms with E-state index in [0.29, 0.717) is 6.42 Å². The number of aliphatic imine (C=N–C) groups is 2. The summed E-state index contributed by atoms with van der Waals surface area (Å²) in [6.07, 6.45) is 11.7. The van der Waals surface area contributed by atoms with Crippen LogP contribution in [0.15, 0.2) is 67.1 Å². The van der Waals surface area contributed by atoms with Crippen LogP contribution in [0.3, 0.4) is 0 Å². The Hall–Kier alpha value is -3.67. The fourth-order valence-corrected chi connectivity index (χ4v) is 6.68. The van der Waals surface area contributed by atoms with Crippen LogP contribution in [0, 0.1) is 12.3 Å². The Kier molecular flexibility index (Phi) is 6.78. The highest BCUT2D eigenvalue weighted by Gasteiger charge is 2.49. The number of carboxylic acid groups (broad SMARTS) is 1. The third-order valence-electron chi connectivity index (χ3n) is 9.14. The molecule has 3 N–H and O–H groups in total. The van der Waals surface area contributed by atoms with Crippen LogP contribution in [0.5, 0.6) is 0 Å². The van der Waals surface area contributed by atoms with Crippen LogP contribution in [-0.4, -0.2) is 33.5 Å². The maximum absolute atomic E-state index is 12.9. The maximum Gasteiger partial charge on any atom is 0.316 e. The van der Waals surface area contributed by atoms with Crippen molar-refractivity contribution in [1.82, 2.24) is 10.3 Å². The molecule has 0 radical (unpaired) electrons. The highest BCUT2D eigenvalue weighted by molar-refractivity contribution is 6.24. The van der Waals surface area contributed by atoms with Gasteiger partial charge in [-0.3, -0.25) is 4.79 Å². The van der Waals surface area contributed by atoms with Gasteiger partial charge in [0.15, 0.2) is 0 Å². The Balaban J connectivity index is 1.88. The number of aromatic amines is 1. The van der Waals surface area contributed by atoms with Gasteiger partial charge in [-0.05, 0) is 117 Å². The molecule has 5 rings (SSSR count). The van der Waals surface area contributed by atoms with Crippen molar-refractivity contribution in [2.24, 2.45) is 15.4 Å². The van der Waals surface area contributed by atoms with Crippen molar-refractivity contribution in [3.05, 3.63) is 78.9 Å².